The van der Waals surface area contributed by atoms with Crippen LogP contribution in [-0.4, -0.2) is 24.9 Å². The second-order valence-corrected chi connectivity index (χ2v) is 6.46. The molecule has 1 aromatic rings. The zero-order chi connectivity index (χ0) is 15.6. The minimum atomic E-state index is -0.314. The number of benzene rings is 1. The van der Waals surface area contributed by atoms with Crippen molar-refractivity contribution in [2.24, 2.45) is 11.8 Å². The van der Waals surface area contributed by atoms with Crippen molar-refractivity contribution >= 4 is 40.7 Å². The highest BCUT2D eigenvalue weighted by molar-refractivity contribution is 6.42. The zero-order valence-corrected chi connectivity index (χ0v) is 13.5. The van der Waals surface area contributed by atoms with E-state index in [4.69, 9.17) is 23.2 Å². The molecule has 1 N–H and O–H groups in total. The minimum absolute atomic E-state index is 0.0698. The van der Waals surface area contributed by atoms with Crippen molar-refractivity contribution in [1.29, 1.82) is 0 Å². The number of hydrogen-bond acceptors (Lipinski definition) is 2. The molecular weight excluding hydrogens is 311 g/mol. The second-order valence-electron chi connectivity index (χ2n) is 5.64. The summed E-state index contributed by atoms with van der Waals surface area (Å²) in [5, 5.41) is 3.71. The molecule has 1 unspecified atom stereocenters. The van der Waals surface area contributed by atoms with E-state index in [0.717, 1.165) is 0 Å². The van der Waals surface area contributed by atoms with E-state index >= 15 is 0 Å². The van der Waals surface area contributed by atoms with Crippen LogP contribution in [0.2, 0.25) is 10.0 Å². The van der Waals surface area contributed by atoms with Gasteiger partial charge in [-0.25, -0.2) is 0 Å². The SMILES string of the molecule is CC(C)CNC(=O)C1CC(=O)N(c2ccc(Cl)c(Cl)c2)C1. The Kier molecular flexibility index (Phi) is 5.12. The molecule has 1 aromatic carbocycles. The lowest BCUT2D eigenvalue weighted by molar-refractivity contribution is -0.126. The molecule has 0 aromatic heterocycles. The van der Waals surface area contributed by atoms with E-state index in [2.05, 4.69) is 5.32 Å². The van der Waals surface area contributed by atoms with E-state index in [-0.39, 0.29) is 24.2 Å². The van der Waals surface area contributed by atoms with Crippen molar-refractivity contribution in [2.75, 3.05) is 18.0 Å². The molecule has 4 nitrogen and oxygen atoms in total. The summed E-state index contributed by atoms with van der Waals surface area (Å²) in [6, 6.07) is 5.04. The molecule has 0 spiro atoms. The summed E-state index contributed by atoms with van der Waals surface area (Å²) in [4.78, 5) is 25.7. The van der Waals surface area contributed by atoms with Gasteiger partial charge in [-0.05, 0) is 24.1 Å². The number of nitrogens with zero attached hydrogens (tertiary/aromatic N) is 1. The zero-order valence-electron chi connectivity index (χ0n) is 12.0. The van der Waals surface area contributed by atoms with Crippen LogP contribution in [-0.2, 0) is 9.59 Å². The Labute approximate surface area is 134 Å². The fraction of sp³-hybridized carbons (Fsp3) is 0.467. The van der Waals surface area contributed by atoms with Gasteiger partial charge in [-0.1, -0.05) is 37.0 Å². The number of anilines is 1. The van der Waals surface area contributed by atoms with Crippen molar-refractivity contribution in [2.45, 2.75) is 20.3 Å². The van der Waals surface area contributed by atoms with Crippen LogP contribution >= 0.6 is 23.2 Å². The molecule has 0 aliphatic carbocycles. The quantitative estimate of drug-likeness (QED) is 0.923. The van der Waals surface area contributed by atoms with Gasteiger partial charge in [0.15, 0.2) is 0 Å². The summed E-state index contributed by atoms with van der Waals surface area (Å²) in [7, 11) is 0. The van der Waals surface area contributed by atoms with Gasteiger partial charge in [-0.15, -0.1) is 0 Å². The summed E-state index contributed by atoms with van der Waals surface area (Å²) >= 11 is 11.8. The van der Waals surface area contributed by atoms with Crippen LogP contribution in [0.25, 0.3) is 0 Å². The second kappa shape index (κ2) is 6.67. The van der Waals surface area contributed by atoms with E-state index in [1.807, 2.05) is 13.8 Å². The largest absolute Gasteiger partial charge is 0.356 e. The maximum Gasteiger partial charge on any atom is 0.227 e. The Bertz CT molecular complexity index is 561. The van der Waals surface area contributed by atoms with Crippen molar-refractivity contribution in [3.8, 4) is 0 Å². The third-order valence-corrected chi connectivity index (χ3v) is 4.13. The Morgan fingerprint density at radius 1 is 1.38 bits per heavy atom. The maximum atomic E-state index is 12.1. The Morgan fingerprint density at radius 2 is 2.10 bits per heavy atom. The third-order valence-electron chi connectivity index (χ3n) is 3.40. The molecule has 0 bridgehead atoms. The smallest absolute Gasteiger partial charge is 0.227 e. The molecule has 1 atom stereocenters. The van der Waals surface area contributed by atoms with Crippen LogP contribution < -0.4 is 10.2 Å². The molecule has 114 valence electrons. The van der Waals surface area contributed by atoms with Gasteiger partial charge < -0.3 is 10.2 Å². The van der Waals surface area contributed by atoms with Gasteiger partial charge in [0.05, 0.1) is 16.0 Å². The monoisotopic (exact) mass is 328 g/mol. The van der Waals surface area contributed by atoms with Crippen LogP contribution in [0.4, 0.5) is 5.69 Å². The Hall–Kier alpha value is -1.26. The van der Waals surface area contributed by atoms with E-state index in [0.29, 0.717) is 34.7 Å². The number of hydrogen-bond donors (Lipinski definition) is 1. The van der Waals surface area contributed by atoms with E-state index < -0.39 is 0 Å². The summed E-state index contributed by atoms with van der Waals surface area (Å²) in [6.07, 6.45) is 0.226. The predicted octanol–water partition coefficient (Wildman–Crippen LogP) is 3.12. The molecule has 0 saturated carbocycles. The van der Waals surface area contributed by atoms with Gasteiger partial charge in [-0.3, -0.25) is 9.59 Å². The number of nitrogens with one attached hydrogen (secondary N) is 1. The first-order valence-corrected chi connectivity index (χ1v) is 7.67. The van der Waals surface area contributed by atoms with Crippen LogP contribution in [0.1, 0.15) is 20.3 Å². The lowest BCUT2D eigenvalue weighted by Gasteiger charge is -2.17. The van der Waals surface area contributed by atoms with Gasteiger partial charge in [0.1, 0.15) is 0 Å². The highest BCUT2D eigenvalue weighted by Crippen LogP contribution is 2.31. The van der Waals surface area contributed by atoms with Crippen molar-refractivity contribution < 1.29 is 9.59 Å². The van der Waals surface area contributed by atoms with Gasteiger partial charge in [0.2, 0.25) is 11.8 Å². The first-order valence-electron chi connectivity index (χ1n) is 6.91. The number of carbonyl (C=O) groups is 2. The molecule has 6 heteroatoms. The molecule has 1 heterocycles. The molecular formula is C15H18Cl2N2O2. The van der Waals surface area contributed by atoms with Crippen LogP contribution in [0.5, 0.6) is 0 Å². The van der Waals surface area contributed by atoms with Gasteiger partial charge >= 0.3 is 0 Å². The van der Waals surface area contributed by atoms with Gasteiger partial charge in [0.25, 0.3) is 0 Å². The van der Waals surface area contributed by atoms with Crippen LogP contribution in [0.3, 0.4) is 0 Å². The topological polar surface area (TPSA) is 49.4 Å². The summed E-state index contributed by atoms with van der Waals surface area (Å²) < 4.78 is 0. The number of halogens is 2. The van der Waals surface area contributed by atoms with E-state index in [1.165, 1.54) is 0 Å². The average Bonchev–Trinajstić information content (AvgIpc) is 2.81. The number of rotatable bonds is 4. The highest BCUT2D eigenvalue weighted by atomic mass is 35.5. The highest BCUT2D eigenvalue weighted by Gasteiger charge is 2.35. The van der Waals surface area contributed by atoms with Gasteiger partial charge in [0, 0.05) is 25.2 Å². The van der Waals surface area contributed by atoms with Crippen molar-refractivity contribution in [3.63, 3.8) is 0 Å². The minimum Gasteiger partial charge on any atom is -0.356 e. The summed E-state index contributed by atoms with van der Waals surface area (Å²) in [5.74, 6) is -0.0689. The van der Waals surface area contributed by atoms with Crippen LogP contribution in [0.15, 0.2) is 18.2 Å². The summed E-state index contributed by atoms with van der Waals surface area (Å²) in [6.45, 7) is 5.06. The normalized spacial score (nSPS) is 18.4. The lowest BCUT2D eigenvalue weighted by atomic mass is 10.1. The molecule has 2 amide bonds. The first-order chi connectivity index (χ1) is 9.88. The molecule has 0 radical (unpaired) electrons. The number of carbonyl (C=O) groups excluding carboxylic acids is 2. The van der Waals surface area contributed by atoms with Crippen molar-refractivity contribution in [3.05, 3.63) is 28.2 Å². The summed E-state index contributed by atoms with van der Waals surface area (Å²) in [5.41, 5.74) is 0.675. The fourth-order valence-electron chi connectivity index (χ4n) is 2.23. The van der Waals surface area contributed by atoms with Crippen molar-refractivity contribution in [1.82, 2.24) is 5.32 Å². The molecule has 1 saturated heterocycles. The first kappa shape index (κ1) is 16.1. The Morgan fingerprint density at radius 3 is 2.71 bits per heavy atom. The number of amides is 2. The predicted molar refractivity (Wildman–Crippen MR) is 84.8 cm³/mol. The molecule has 1 aliphatic rings. The maximum absolute atomic E-state index is 12.1. The molecule has 2 rings (SSSR count). The van der Waals surface area contributed by atoms with E-state index in [9.17, 15) is 9.59 Å². The van der Waals surface area contributed by atoms with Gasteiger partial charge in [-0.2, -0.15) is 0 Å². The lowest BCUT2D eigenvalue weighted by Crippen LogP contribution is -2.35. The molecule has 1 aliphatic heterocycles. The standard InChI is InChI=1S/C15H18Cl2N2O2/c1-9(2)7-18-15(21)10-5-14(20)19(8-10)11-3-4-12(16)13(17)6-11/h3-4,6,9-10H,5,7-8H2,1-2H3,(H,18,21). The van der Waals surface area contributed by atoms with E-state index in [1.54, 1.807) is 23.1 Å². The molecule has 21 heavy (non-hydrogen) atoms. The Balaban J connectivity index is 2.05. The average molecular weight is 329 g/mol. The fourth-order valence-corrected chi connectivity index (χ4v) is 2.53. The van der Waals surface area contributed by atoms with Crippen LogP contribution in [0, 0.1) is 11.8 Å². The third kappa shape index (κ3) is 3.89. The molecule has 1 fully saturated rings.